The van der Waals surface area contributed by atoms with Crippen molar-refractivity contribution in [2.75, 3.05) is 0 Å². The van der Waals surface area contributed by atoms with Gasteiger partial charge < -0.3 is 10.4 Å². The number of nitrogens with zero attached hydrogens (tertiary/aromatic N) is 3. The van der Waals surface area contributed by atoms with E-state index in [1.165, 1.54) is 0 Å². The van der Waals surface area contributed by atoms with Crippen LogP contribution >= 0.6 is 0 Å². The molecule has 0 aromatic carbocycles. The molecule has 0 amide bonds. The number of rotatable bonds is 6. The van der Waals surface area contributed by atoms with Crippen molar-refractivity contribution in [3.8, 4) is 0 Å². The topological polar surface area (TPSA) is 80.0 Å². The van der Waals surface area contributed by atoms with E-state index in [2.05, 4.69) is 15.4 Å². The molecule has 0 spiro atoms. The SMILES string of the molecule is CC(CCC(=O)O)NCc1ncn(C)n1. The molecule has 0 fully saturated rings. The number of nitrogens with one attached hydrogen (secondary N) is 1. The number of aromatic nitrogens is 3. The van der Waals surface area contributed by atoms with E-state index in [0.717, 1.165) is 5.82 Å². The zero-order chi connectivity index (χ0) is 11.3. The molecule has 15 heavy (non-hydrogen) atoms. The quantitative estimate of drug-likeness (QED) is 0.702. The lowest BCUT2D eigenvalue weighted by Gasteiger charge is -2.10. The third kappa shape index (κ3) is 4.55. The van der Waals surface area contributed by atoms with Crippen molar-refractivity contribution in [1.82, 2.24) is 20.1 Å². The third-order valence-electron chi connectivity index (χ3n) is 2.05. The van der Waals surface area contributed by atoms with E-state index in [4.69, 9.17) is 5.11 Å². The van der Waals surface area contributed by atoms with Crippen LogP contribution in [-0.2, 0) is 18.4 Å². The van der Waals surface area contributed by atoms with Crippen LogP contribution in [0.4, 0.5) is 0 Å². The highest BCUT2D eigenvalue weighted by molar-refractivity contribution is 5.66. The lowest BCUT2D eigenvalue weighted by atomic mass is 10.2. The predicted octanol–water partition coefficient (Wildman–Crippen LogP) is 0.158. The van der Waals surface area contributed by atoms with Gasteiger partial charge in [-0.3, -0.25) is 9.48 Å². The van der Waals surface area contributed by atoms with Gasteiger partial charge in [-0.15, -0.1) is 0 Å². The monoisotopic (exact) mass is 212 g/mol. The minimum Gasteiger partial charge on any atom is -0.481 e. The summed E-state index contributed by atoms with van der Waals surface area (Å²) in [7, 11) is 1.81. The first-order chi connectivity index (χ1) is 7.08. The van der Waals surface area contributed by atoms with Crippen LogP contribution in [0, 0.1) is 0 Å². The van der Waals surface area contributed by atoms with E-state index in [-0.39, 0.29) is 12.5 Å². The first kappa shape index (κ1) is 11.6. The standard InChI is InChI=1S/C9H16N4O2/c1-7(3-4-9(14)15)10-5-8-11-6-13(2)12-8/h6-7,10H,3-5H2,1-2H3,(H,14,15). The molecule has 0 saturated carbocycles. The van der Waals surface area contributed by atoms with Crippen molar-refractivity contribution in [2.24, 2.45) is 7.05 Å². The summed E-state index contributed by atoms with van der Waals surface area (Å²) in [6, 6.07) is 0.157. The van der Waals surface area contributed by atoms with Crippen molar-refractivity contribution in [3.63, 3.8) is 0 Å². The van der Waals surface area contributed by atoms with Gasteiger partial charge in [-0.25, -0.2) is 4.98 Å². The first-order valence-corrected chi connectivity index (χ1v) is 4.87. The summed E-state index contributed by atoms with van der Waals surface area (Å²) in [6.07, 6.45) is 2.44. The summed E-state index contributed by atoms with van der Waals surface area (Å²) in [4.78, 5) is 14.4. The Hall–Kier alpha value is -1.43. The highest BCUT2D eigenvalue weighted by atomic mass is 16.4. The second-order valence-electron chi connectivity index (χ2n) is 3.55. The molecule has 6 heteroatoms. The average Bonchev–Trinajstić information content (AvgIpc) is 2.58. The molecule has 0 aliphatic heterocycles. The van der Waals surface area contributed by atoms with Crippen molar-refractivity contribution in [3.05, 3.63) is 12.2 Å². The summed E-state index contributed by atoms with van der Waals surface area (Å²) in [5.74, 6) is -0.0423. The molecule has 6 nitrogen and oxygen atoms in total. The van der Waals surface area contributed by atoms with E-state index in [1.807, 2.05) is 14.0 Å². The van der Waals surface area contributed by atoms with Gasteiger partial charge in [-0.05, 0) is 13.3 Å². The maximum atomic E-state index is 10.3. The Balaban J connectivity index is 2.22. The van der Waals surface area contributed by atoms with Gasteiger partial charge in [0.15, 0.2) is 5.82 Å². The predicted molar refractivity (Wildman–Crippen MR) is 54.2 cm³/mol. The number of hydrogen-bond donors (Lipinski definition) is 2. The van der Waals surface area contributed by atoms with Gasteiger partial charge in [0.25, 0.3) is 0 Å². The van der Waals surface area contributed by atoms with E-state index in [9.17, 15) is 4.79 Å². The van der Waals surface area contributed by atoms with Gasteiger partial charge in [0.1, 0.15) is 6.33 Å². The number of hydrogen-bond acceptors (Lipinski definition) is 4. The molecule has 1 heterocycles. The Bertz CT molecular complexity index is 324. The number of carboxylic acid groups (broad SMARTS) is 1. The molecule has 1 unspecified atom stereocenters. The molecule has 0 radical (unpaired) electrons. The highest BCUT2D eigenvalue weighted by Crippen LogP contribution is 1.97. The molecule has 0 aliphatic carbocycles. The van der Waals surface area contributed by atoms with Crippen LogP contribution in [0.1, 0.15) is 25.6 Å². The Morgan fingerprint density at radius 1 is 1.73 bits per heavy atom. The number of aliphatic carboxylic acids is 1. The number of aryl methyl sites for hydroxylation is 1. The van der Waals surface area contributed by atoms with Gasteiger partial charge >= 0.3 is 5.97 Å². The minimum absolute atomic E-state index is 0.157. The van der Waals surface area contributed by atoms with Gasteiger partial charge in [0, 0.05) is 19.5 Å². The van der Waals surface area contributed by atoms with Crippen LogP contribution in [0.25, 0.3) is 0 Å². The van der Waals surface area contributed by atoms with E-state index in [0.29, 0.717) is 13.0 Å². The normalized spacial score (nSPS) is 12.7. The van der Waals surface area contributed by atoms with Crippen molar-refractivity contribution in [1.29, 1.82) is 0 Å². The molecule has 84 valence electrons. The fourth-order valence-electron chi connectivity index (χ4n) is 1.17. The Morgan fingerprint density at radius 2 is 2.47 bits per heavy atom. The summed E-state index contributed by atoms with van der Waals surface area (Å²) in [6.45, 7) is 2.52. The van der Waals surface area contributed by atoms with E-state index < -0.39 is 5.97 Å². The fourth-order valence-corrected chi connectivity index (χ4v) is 1.17. The molecule has 2 N–H and O–H groups in total. The Labute approximate surface area is 88.3 Å². The molecule has 0 saturated heterocycles. The van der Waals surface area contributed by atoms with Crippen LogP contribution in [0.15, 0.2) is 6.33 Å². The highest BCUT2D eigenvalue weighted by Gasteiger charge is 2.06. The molecule has 1 rings (SSSR count). The van der Waals surface area contributed by atoms with Gasteiger partial charge in [-0.1, -0.05) is 0 Å². The molecule has 1 aromatic rings. The molecular weight excluding hydrogens is 196 g/mol. The summed E-state index contributed by atoms with van der Waals surface area (Å²) in [5.41, 5.74) is 0. The maximum absolute atomic E-state index is 10.3. The van der Waals surface area contributed by atoms with Crippen LogP contribution < -0.4 is 5.32 Å². The lowest BCUT2D eigenvalue weighted by molar-refractivity contribution is -0.137. The van der Waals surface area contributed by atoms with E-state index in [1.54, 1.807) is 11.0 Å². The number of carbonyl (C=O) groups is 1. The molecule has 0 bridgehead atoms. The maximum Gasteiger partial charge on any atom is 0.303 e. The smallest absolute Gasteiger partial charge is 0.303 e. The zero-order valence-electron chi connectivity index (χ0n) is 8.97. The number of carboxylic acids is 1. The van der Waals surface area contributed by atoms with Crippen LogP contribution in [0.2, 0.25) is 0 Å². The molecular formula is C9H16N4O2. The van der Waals surface area contributed by atoms with Crippen molar-refractivity contribution in [2.45, 2.75) is 32.4 Å². The second kappa shape index (κ2) is 5.45. The van der Waals surface area contributed by atoms with Crippen molar-refractivity contribution < 1.29 is 9.90 Å². The van der Waals surface area contributed by atoms with Gasteiger partial charge in [0.2, 0.25) is 0 Å². The van der Waals surface area contributed by atoms with Crippen LogP contribution in [-0.4, -0.2) is 31.9 Å². The second-order valence-corrected chi connectivity index (χ2v) is 3.55. The first-order valence-electron chi connectivity index (χ1n) is 4.87. The summed E-state index contributed by atoms with van der Waals surface area (Å²) < 4.78 is 1.64. The third-order valence-corrected chi connectivity index (χ3v) is 2.05. The summed E-state index contributed by atoms with van der Waals surface area (Å²) >= 11 is 0. The van der Waals surface area contributed by atoms with E-state index >= 15 is 0 Å². The fraction of sp³-hybridized carbons (Fsp3) is 0.667. The van der Waals surface area contributed by atoms with Gasteiger partial charge in [-0.2, -0.15) is 5.10 Å². The van der Waals surface area contributed by atoms with Crippen molar-refractivity contribution >= 4 is 5.97 Å². The minimum atomic E-state index is -0.764. The lowest BCUT2D eigenvalue weighted by Crippen LogP contribution is -2.26. The van der Waals surface area contributed by atoms with Crippen LogP contribution in [0.3, 0.4) is 0 Å². The van der Waals surface area contributed by atoms with Gasteiger partial charge in [0.05, 0.1) is 6.54 Å². The van der Waals surface area contributed by atoms with Crippen LogP contribution in [0.5, 0.6) is 0 Å². The largest absolute Gasteiger partial charge is 0.481 e. The summed E-state index contributed by atoms with van der Waals surface area (Å²) in [5, 5.41) is 15.8. The Kier molecular flexibility index (Phi) is 4.23. The zero-order valence-corrected chi connectivity index (χ0v) is 8.97. The molecule has 1 aromatic heterocycles. The molecule has 0 aliphatic rings. The molecule has 1 atom stereocenters. The Morgan fingerprint density at radius 3 is 3.00 bits per heavy atom. The average molecular weight is 212 g/mol.